The third kappa shape index (κ3) is 3.33. The second kappa shape index (κ2) is 6.79. The Morgan fingerprint density at radius 1 is 1.45 bits per heavy atom. The average Bonchev–Trinajstić information content (AvgIpc) is 2.87. The van der Waals surface area contributed by atoms with Crippen molar-refractivity contribution in [3.8, 4) is 0 Å². The molecule has 0 radical (unpaired) electrons. The van der Waals surface area contributed by atoms with Crippen molar-refractivity contribution in [1.82, 2.24) is 5.32 Å². The van der Waals surface area contributed by atoms with Crippen LogP contribution in [0.5, 0.6) is 0 Å². The lowest BCUT2D eigenvalue weighted by Gasteiger charge is -2.17. The standard InChI is InChI=1S/C15H19NO3S/c1-2-3-7-12(15(18)19)16-14(17)11-9-20-13-8-5-4-6-10(11)13/h4-6,8,11-12H,2-3,7,9H2,1H3,(H,16,17)(H,18,19). The zero-order chi connectivity index (χ0) is 14.5. The van der Waals surface area contributed by atoms with Gasteiger partial charge in [0, 0.05) is 10.6 Å². The van der Waals surface area contributed by atoms with E-state index in [-0.39, 0.29) is 11.8 Å². The van der Waals surface area contributed by atoms with E-state index in [0.717, 1.165) is 23.3 Å². The molecule has 2 N–H and O–H groups in total. The van der Waals surface area contributed by atoms with Crippen LogP contribution in [-0.2, 0) is 9.59 Å². The summed E-state index contributed by atoms with van der Waals surface area (Å²) in [5.74, 6) is -0.679. The van der Waals surface area contributed by atoms with Crippen LogP contribution in [-0.4, -0.2) is 28.8 Å². The van der Waals surface area contributed by atoms with Gasteiger partial charge in [-0.25, -0.2) is 4.79 Å². The van der Waals surface area contributed by atoms with Crippen molar-refractivity contribution >= 4 is 23.6 Å². The van der Waals surface area contributed by atoms with Gasteiger partial charge < -0.3 is 10.4 Å². The predicted octanol–water partition coefficient (Wildman–Crippen LogP) is 2.64. The van der Waals surface area contributed by atoms with Gasteiger partial charge in [-0.2, -0.15) is 0 Å². The van der Waals surface area contributed by atoms with Crippen LogP contribution in [0.2, 0.25) is 0 Å². The number of fused-ring (bicyclic) bond motifs is 1. The minimum atomic E-state index is -0.953. The van der Waals surface area contributed by atoms with Gasteiger partial charge in [0.05, 0.1) is 5.92 Å². The monoisotopic (exact) mass is 293 g/mol. The highest BCUT2D eigenvalue weighted by molar-refractivity contribution is 7.99. The number of carbonyl (C=O) groups is 2. The van der Waals surface area contributed by atoms with E-state index in [1.54, 1.807) is 11.8 Å². The molecule has 1 aromatic carbocycles. The number of aliphatic carboxylic acids is 1. The average molecular weight is 293 g/mol. The Hall–Kier alpha value is -1.49. The molecule has 1 amide bonds. The Balaban J connectivity index is 2.03. The van der Waals surface area contributed by atoms with Crippen molar-refractivity contribution in [3.05, 3.63) is 29.8 Å². The molecule has 0 aromatic heterocycles. The molecule has 108 valence electrons. The molecule has 0 aliphatic carbocycles. The largest absolute Gasteiger partial charge is 0.480 e. The summed E-state index contributed by atoms with van der Waals surface area (Å²) in [5, 5.41) is 11.8. The molecule has 0 saturated carbocycles. The van der Waals surface area contributed by atoms with Gasteiger partial charge in [-0.3, -0.25) is 4.79 Å². The molecule has 20 heavy (non-hydrogen) atoms. The van der Waals surface area contributed by atoms with Gasteiger partial charge in [-0.1, -0.05) is 38.0 Å². The lowest BCUT2D eigenvalue weighted by Crippen LogP contribution is -2.43. The molecule has 2 rings (SSSR count). The Morgan fingerprint density at radius 3 is 2.90 bits per heavy atom. The number of amides is 1. The normalized spacial score (nSPS) is 18.4. The number of carbonyl (C=O) groups excluding carboxylic acids is 1. The van der Waals surface area contributed by atoms with E-state index in [0.29, 0.717) is 12.2 Å². The van der Waals surface area contributed by atoms with Gasteiger partial charge in [0.2, 0.25) is 5.91 Å². The highest BCUT2D eigenvalue weighted by Crippen LogP contribution is 2.39. The third-order valence-electron chi connectivity index (χ3n) is 3.48. The summed E-state index contributed by atoms with van der Waals surface area (Å²) in [7, 11) is 0. The number of hydrogen-bond donors (Lipinski definition) is 2. The number of unbranched alkanes of at least 4 members (excludes halogenated alkanes) is 1. The summed E-state index contributed by atoms with van der Waals surface area (Å²) >= 11 is 1.65. The number of benzene rings is 1. The first-order chi connectivity index (χ1) is 9.63. The smallest absolute Gasteiger partial charge is 0.326 e. The van der Waals surface area contributed by atoms with Crippen LogP contribution in [0.4, 0.5) is 0 Å². The summed E-state index contributed by atoms with van der Waals surface area (Å²) in [6.07, 6.45) is 2.20. The van der Waals surface area contributed by atoms with Crippen molar-refractivity contribution in [1.29, 1.82) is 0 Å². The van der Waals surface area contributed by atoms with Crippen LogP contribution in [0.25, 0.3) is 0 Å². The summed E-state index contributed by atoms with van der Waals surface area (Å²) in [4.78, 5) is 24.6. The Bertz CT molecular complexity index is 504. The second-order valence-corrected chi connectivity index (χ2v) is 6.00. The van der Waals surface area contributed by atoms with Crippen molar-refractivity contribution in [3.63, 3.8) is 0 Å². The van der Waals surface area contributed by atoms with E-state index in [9.17, 15) is 9.59 Å². The molecule has 2 unspecified atom stereocenters. The van der Waals surface area contributed by atoms with Gasteiger partial charge in [-0.15, -0.1) is 11.8 Å². The molecular weight excluding hydrogens is 274 g/mol. The minimum absolute atomic E-state index is 0.175. The number of carboxylic acids is 1. The van der Waals surface area contributed by atoms with Crippen molar-refractivity contribution in [2.45, 2.75) is 43.0 Å². The highest BCUT2D eigenvalue weighted by atomic mass is 32.2. The molecular formula is C15H19NO3S. The highest BCUT2D eigenvalue weighted by Gasteiger charge is 2.31. The van der Waals surface area contributed by atoms with Crippen molar-refractivity contribution < 1.29 is 14.7 Å². The first-order valence-corrected chi connectivity index (χ1v) is 7.87. The maximum absolute atomic E-state index is 12.3. The first-order valence-electron chi connectivity index (χ1n) is 6.88. The fraction of sp³-hybridized carbons (Fsp3) is 0.467. The molecule has 0 saturated heterocycles. The van der Waals surface area contributed by atoms with Crippen LogP contribution >= 0.6 is 11.8 Å². The first kappa shape index (κ1) is 14.9. The Kier molecular flexibility index (Phi) is 5.06. The predicted molar refractivity (Wildman–Crippen MR) is 79.0 cm³/mol. The number of hydrogen-bond acceptors (Lipinski definition) is 3. The van der Waals surface area contributed by atoms with Crippen LogP contribution in [0.3, 0.4) is 0 Å². The zero-order valence-corrected chi connectivity index (χ0v) is 12.3. The van der Waals surface area contributed by atoms with Gasteiger partial charge in [0.25, 0.3) is 0 Å². The molecule has 2 atom stereocenters. The van der Waals surface area contributed by atoms with E-state index >= 15 is 0 Å². The Labute approximate surface area is 123 Å². The van der Waals surface area contributed by atoms with Gasteiger partial charge in [0.15, 0.2) is 0 Å². The maximum Gasteiger partial charge on any atom is 0.326 e. The van der Waals surface area contributed by atoms with Crippen LogP contribution < -0.4 is 5.32 Å². The second-order valence-electron chi connectivity index (χ2n) is 4.94. The van der Waals surface area contributed by atoms with Crippen LogP contribution in [0, 0.1) is 0 Å². The molecule has 0 spiro atoms. The fourth-order valence-electron chi connectivity index (χ4n) is 2.32. The SMILES string of the molecule is CCCCC(NC(=O)C1CSc2ccccc21)C(=O)O. The maximum atomic E-state index is 12.3. The zero-order valence-electron chi connectivity index (χ0n) is 11.5. The van der Waals surface area contributed by atoms with E-state index in [2.05, 4.69) is 5.32 Å². The van der Waals surface area contributed by atoms with Gasteiger partial charge in [0.1, 0.15) is 6.04 Å². The van der Waals surface area contributed by atoms with E-state index in [1.807, 2.05) is 31.2 Å². The molecule has 5 heteroatoms. The van der Waals surface area contributed by atoms with Crippen LogP contribution in [0.1, 0.15) is 37.7 Å². The number of nitrogens with one attached hydrogen (secondary N) is 1. The molecule has 1 aromatic rings. The van der Waals surface area contributed by atoms with Crippen molar-refractivity contribution in [2.24, 2.45) is 0 Å². The van der Waals surface area contributed by atoms with E-state index < -0.39 is 12.0 Å². The molecule has 1 heterocycles. The molecule has 4 nitrogen and oxygen atoms in total. The van der Waals surface area contributed by atoms with E-state index in [1.165, 1.54) is 0 Å². The van der Waals surface area contributed by atoms with Gasteiger partial charge >= 0.3 is 5.97 Å². The lowest BCUT2D eigenvalue weighted by molar-refractivity contribution is -0.142. The molecule has 0 bridgehead atoms. The quantitative estimate of drug-likeness (QED) is 0.846. The molecule has 1 aliphatic rings. The number of rotatable bonds is 6. The fourth-order valence-corrected chi connectivity index (χ4v) is 3.55. The summed E-state index contributed by atoms with van der Waals surface area (Å²) in [6.45, 7) is 2.00. The minimum Gasteiger partial charge on any atom is -0.480 e. The lowest BCUT2D eigenvalue weighted by atomic mass is 9.99. The molecule has 1 aliphatic heterocycles. The Morgan fingerprint density at radius 2 is 2.20 bits per heavy atom. The summed E-state index contributed by atoms with van der Waals surface area (Å²) < 4.78 is 0. The van der Waals surface area contributed by atoms with Gasteiger partial charge in [-0.05, 0) is 18.1 Å². The third-order valence-corrected chi connectivity index (χ3v) is 4.66. The van der Waals surface area contributed by atoms with Crippen LogP contribution in [0.15, 0.2) is 29.2 Å². The van der Waals surface area contributed by atoms with E-state index in [4.69, 9.17) is 5.11 Å². The van der Waals surface area contributed by atoms with Crippen molar-refractivity contribution in [2.75, 3.05) is 5.75 Å². The number of carboxylic acid groups (broad SMARTS) is 1. The topological polar surface area (TPSA) is 66.4 Å². The number of thioether (sulfide) groups is 1. The summed E-state index contributed by atoms with van der Waals surface area (Å²) in [6, 6.07) is 7.03. The molecule has 0 fully saturated rings. The summed E-state index contributed by atoms with van der Waals surface area (Å²) in [5.41, 5.74) is 1.01.